The number of aryl methyl sites for hydroxylation is 5. The number of halogens is 2. The summed E-state index contributed by atoms with van der Waals surface area (Å²) < 4.78 is 14.7. The lowest BCUT2D eigenvalue weighted by molar-refractivity contribution is 0.253. The molecule has 0 nitrogen and oxygen atoms in total. The zero-order valence-corrected chi connectivity index (χ0v) is 22.7. The van der Waals surface area contributed by atoms with Crippen molar-refractivity contribution >= 4 is 11.6 Å². The minimum Gasteiger partial charge on any atom is -0.207 e. The largest absolute Gasteiger partial charge is 0.207 e. The fraction of sp³-hybridized carbons (Fsp3) is 0.471. The standard InChI is InChI=1S/C34H42ClF/c1-2-3-4-26-5-7-27(8-6-26)9-10-28-11-13-29(14-12-28)15-16-31-18-22-32(34(36)25-31)21-17-30-19-23-33(35)24-20-30/h5-8,18-20,22-25,28-29H,2-4,9-17,21H2,1H3. The Balaban J connectivity index is 1.15. The third-order valence-electron chi connectivity index (χ3n) is 8.20. The van der Waals surface area contributed by atoms with Gasteiger partial charge >= 0.3 is 0 Å². The molecule has 0 unspecified atom stereocenters. The highest BCUT2D eigenvalue weighted by Gasteiger charge is 2.21. The van der Waals surface area contributed by atoms with Gasteiger partial charge in [-0.15, -0.1) is 0 Å². The topological polar surface area (TPSA) is 0 Å². The van der Waals surface area contributed by atoms with Crippen LogP contribution in [0, 0.1) is 17.7 Å². The van der Waals surface area contributed by atoms with Crippen LogP contribution in [-0.4, -0.2) is 0 Å². The van der Waals surface area contributed by atoms with E-state index < -0.39 is 0 Å². The summed E-state index contributed by atoms with van der Waals surface area (Å²) in [7, 11) is 0. The molecule has 1 saturated carbocycles. The summed E-state index contributed by atoms with van der Waals surface area (Å²) in [6, 6.07) is 23.1. The third-order valence-corrected chi connectivity index (χ3v) is 8.46. The molecule has 3 aromatic carbocycles. The Morgan fingerprint density at radius 1 is 0.639 bits per heavy atom. The normalized spacial score (nSPS) is 17.9. The number of hydrogen-bond acceptors (Lipinski definition) is 0. The van der Waals surface area contributed by atoms with E-state index in [1.807, 2.05) is 30.3 Å². The van der Waals surface area contributed by atoms with Gasteiger partial charge in [-0.05, 0) is 109 Å². The van der Waals surface area contributed by atoms with Gasteiger partial charge < -0.3 is 0 Å². The molecule has 0 bridgehead atoms. The van der Waals surface area contributed by atoms with Crippen molar-refractivity contribution in [3.05, 3.63) is 105 Å². The fourth-order valence-corrected chi connectivity index (χ4v) is 5.81. The van der Waals surface area contributed by atoms with Crippen molar-refractivity contribution in [2.75, 3.05) is 0 Å². The molecule has 3 aromatic rings. The van der Waals surface area contributed by atoms with Gasteiger partial charge in [0.05, 0.1) is 0 Å². The Morgan fingerprint density at radius 3 is 1.72 bits per heavy atom. The van der Waals surface area contributed by atoms with Crippen molar-refractivity contribution in [2.24, 2.45) is 11.8 Å². The van der Waals surface area contributed by atoms with Crippen molar-refractivity contribution < 1.29 is 4.39 Å². The maximum Gasteiger partial charge on any atom is 0.126 e. The van der Waals surface area contributed by atoms with Crippen LogP contribution in [0.15, 0.2) is 66.7 Å². The van der Waals surface area contributed by atoms with Gasteiger partial charge in [-0.25, -0.2) is 4.39 Å². The first-order valence-corrected chi connectivity index (χ1v) is 14.6. The summed E-state index contributed by atoms with van der Waals surface area (Å²) in [4.78, 5) is 0. The summed E-state index contributed by atoms with van der Waals surface area (Å²) in [5.74, 6) is 1.62. The molecule has 2 heteroatoms. The van der Waals surface area contributed by atoms with Gasteiger partial charge in [0, 0.05) is 5.02 Å². The second-order valence-electron chi connectivity index (χ2n) is 10.9. The smallest absolute Gasteiger partial charge is 0.126 e. The lowest BCUT2D eigenvalue weighted by Crippen LogP contribution is -2.16. The Labute approximate surface area is 223 Å². The Morgan fingerprint density at radius 2 is 1.14 bits per heavy atom. The van der Waals surface area contributed by atoms with Gasteiger partial charge in [-0.3, -0.25) is 0 Å². The highest BCUT2D eigenvalue weighted by atomic mass is 35.5. The lowest BCUT2D eigenvalue weighted by Gasteiger charge is -2.28. The Bertz CT molecular complexity index is 1050. The number of benzene rings is 3. The molecule has 1 aliphatic carbocycles. The zero-order valence-electron chi connectivity index (χ0n) is 22.0. The highest BCUT2D eigenvalue weighted by molar-refractivity contribution is 6.30. The van der Waals surface area contributed by atoms with Crippen molar-refractivity contribution in [3.8, 4) is 0 Å². The highest BCUT2D eigenvalue weighted by Crippen LogP contribution is 2.34. The molecule has 0 spiro atoms. The SMILES string of the molecule is CCCCc1ccc(CCC2CCC(CCc3ccc(CCc4ccc(Cl)cc4)c(F)c3)CC2)cc1. The fourth-order valence-electron chi connectivity index (χ4n) is 5.68. The van der Waals surface area contributed by atoms with Crippen LogP contribution < -0.4 is 0 Å². The van der Waals surface area contributed by atoms with E-state index in [0.717, 1.165) is 47.2 Å². The molecule has 1 fully saturated rings. The predicted octanol–water partition coefficient (Wildman–Crippen LogP) is 9.98. The van der Waals surface area contributed by atoms with Crippen molar-refractivity contribution in [1.29, 1.82) is 0 Å². The van der Waals surface area contributed by atoms with Gasteiger partial charge in [0.2, 0.25) is 0 Å². The van der Waals surface area contributed by atoms with Crippen LogP contribution in [0.3, 0.4) is 0 Å². The second-order valence-corrected chi connectivity index (χ2v) is 11.4. The molecule has 0 aliphatic heterocycles. The van der Waals surface area contributed by atoms with E-state index in [1.165, 1.54) is 80.9 Å². The molecule has 192 valence electrons. The minimum absolute atomic E-state index is 0.0523. The quantitative estimate of drug-likeness (QED) is 0.230. The third kappa shape index (κ3) is 8.48. The molecule has 0 N–H and O–H groups in total. The second kappa shape index (κ2) is 14.0. The molecule has 0 radical (unpaired) electrons. The molecule has 4 rings (SSSR count). The average Bonchev–Trinajstić information content (AvgIpc) is 2.91. The van der Waals surface area contributed by atoms with Crippen LogP contribution in [0.2, 0.25) is 5.02 Å². The van der Waals surface area contributed by atoms with Crippen LogP contribution in [0.1, 0.15) is 86.1 Å². The first-order valence-electron chi connectivity index (χ1n) is 14.2. The van der Waals surface area contributed by atoms with E-state index in [4.69, 9.17) is 11.6 Å². The van der Waals surface area contributed by atoms with E-state index in [2.05, 4.69) is 37.3 Å². The minimum atomic E-state index is -0.0523. The summed E-state index contributed by atoms with van der Waals surface area (Å²) in [6.07, 6.45) is 15.4. The molecular weight excluding hydrogens is 463 g/mol. The van der Waals surface area contributed by atoms with E-state index in [-0.39, 0.29) is 5.82 Å². The maximum atomic E-state index is 14.7. The molecular formula is C34H42ClF. The van der Waals surface area contributed by atoms with E-state index in [9.17, 15) is 4.39 Å². The van der Waals surface area contributed by atoms with Crippen LogP contribution in [0.5, 0.6) is 0 Å². The zero-order chi connectivity index (χ0) is 25.2. The van der Waals surface area contributed by atoms with E-state index >= 15 is 0 Å². The molecule has 0 aromatic heterocycles. The summed E-state index contributed by atoms with van der Waals surface area (Å²) in [6.45, 7) is 2.26. The van der Waals surface area contributed by atoms with Crippen LogP contribution in [-0.2, 0) is 32.1 Å². The van der Waals surface area contributed by atoms with Gasteiger partial charge in [0.1, 0.15) is 5.82 Å². The van der Waals surface area contributed by atoms with Gasteiger partial charge in [0.15, 0.2) is 0 Å². The van der Waals surface area contributed by atoms with Crippen LogP contribution in [0.4, 0.5) is 4.39 Å². The average molecular weight is 505 g/mol. The van der Waals surface area contributed by atoms with Crippen LogP contribution in [0.25, 0.3) is 0 Å². The lowest BCUT2D eigenvalue weighted by atomic mass is 9.77. The summed E-state index contributed by atoms with van der Waals surface area (Å²) in [5.41, 5.74) is 6.13. The first kappa shape index (κ1) is 26.9. The number of unbranched alkanes of at least 4 members (excludes halogenated alkanes) is 1. The summed E-state index contributed by atoms with van der Waals surface area (Å²) >= 11 is 5.96. The summed E-state index contributed by atoms with van der Waals surface area (Å²) in [5, 5.41) is 0.742. The van der Waals surface area contributed by atoms with Crippen molar-refractivity contribution in [3.63, 3.8) is 0 Å². The number of hydrogen-bond donors (Lipinski definition) is 0. The maximum absolute atomic E-state index is 14.7. The number of rotatable bonds is 12. The van der Waals surface area contributed by atoms with Gasteiger partial charge in [0.25, 0.3) is 0 Å². The molecule has 0 amide bonds. The molecule has 0 saturated heterocycles. The predicted molar refractivity (Wildman–Crippen MR) is 152 cm³/mol. The molecule has 0 atom stereocenters. The van der Waals surface area contributed by atoms with Crippen molar-refractivity contribution in [1.82, 2.24) is 0 Å². The molecule has 0 heterocycles. The van der Waals surface area contributed by atoms with E-state index in [0.29, 0.717) is 0 Å². The van der Waals surface area contributed by atoms with Crippen molar-refractivity contribution in [2.45, 2.75) is 90.4 Å². The molecule has 1 aliphatic rings. The Kier molecular flexibility index (Phi) is 10.5. The Hall–Kier alpha value is -2.12. The molecule has 36 heavy (non-hydrogen) atoms. The first-order chi connectivity index (χ1) is 17.6. The van der Waals surface area contributed by atoms with E-state index in [1.54, 1.807) is 6.07 Å². The monoisotopic (exact) mass is 504 g/mol. The van der Waals surface area contributed by atoms with Gasteiger partial charge in [-0.2, -0.15) is 0 Å². The van der Waals surface area contributed by atoms with Crippen LogP contribution >= 0.6 is 11.6 Å². The van der Waals surface area contributed by atoms with Gasteiger partial charge in [-0.1, -0.05) is 99.2 Å².